The maximum atomic E-state index is 6.03. The summed E-state index contributed by atoms with van der Waals surface area (Å²) in [6.45, 7) is 7.92. The monoisotopic (exact) mass is 284 g/mol. The summed E-state index contributed by atoms with van der Waals surface area (Å²) in [6, 6.07) is 4.91. The molecule has 1 N–H and O–H groups in total. The summed E-state index contributed by atoms with van der Waals surface area (Å²) < 4.78 is 0.905. The van der Waals surface area contributed by atoms with Gasteiger partial charge in [-0.2, -0.15) is 0 Å². The fraction of sp³-hybridized carbons (Fsp3) is 0.714. The van der Waals surface area contributed by atoms with E-state index in [1.165, 1.54) is 17.7 Å². The molecule has 2 aliphatic rings. The van der Waals surface area contributed by atoms with Crippen LogP contribution in [0.5, 0.6) is 0 Å². The van der Waals surface area contributed by atoms with Crippen LogP contribution in [0.3, 0.4) is 0 Å². The summed E-state index contributed by atoms with van der Waals surface area (Å²) >= 11 is 7.75. The minimum Gasteiger partial charge on any atom is -0.309 e. The van der Waals surface area contributed by atoms with Crippen molar-refractivity contribution in [2.45, 2.75) is 44.8 Å². The lowest BCUT2D eigenvalue weighted by atomic mass is 9.96. The van der Waals surface area contributed by atoms with E-state index in [0.29, 0.717) is 0 Å². The van der Waals surface area contributed by atoms with Crippen LogP contribution < -0.4 is 5.32 Å². The second-order valence-corrected chi connectivity index (χ2v) is 8.08. The molecule has 2 fully saturated rings. The van der Waals surface area contributed by atoms with E-state index in [9.17, 15) is 0 Å². The highest BCUT2D eigenvalue weighted by Gasteiger charge is 2.40. The first-order valence-electron chi connectivity index (χ1n) is 6.77. The fourth-order valence-corrected chi connectivity index (χ4v) is 4.06. The lowest BCUT2D eigenvalue weighted by Gasteiger charge is -2.44. The van der Waals surface area contributed by atoms with Crippen molar-refractivity contribution in [2.75, 3.05) is 13.1 Å². The van der Waals surface area contributed by atoms with Crippen LogP contribution in [0, 0.1) is 5.92 Å². The number of nitrogens with one attached hydrogen (secondary N) is 1. The molecule has 0 bridgehead atoms. The molecule has 2 heterocycles. The molecule has 1 aromatic heterocycles. The zero-order valence-electron chi connectivity index (χ0n) is 11.1. The van der Waals surface area contributed by atoms with Gasteiger partial charge in [-0.25, -0.2) is 0 Å². The van der Waals surface area contributed by atoms with Crippen molar-refractivity contribution in [3.05, 3.63) is 21.3 Å². The molecule has 1 atom stereocenters. The Balaban J connectivity index is 1.72. The van der Waals surface area contributed by atoms with Crippen molar-refractivity contribution >= 4 is 22.9 Å². The van der Waals surface area contributed by atoms with Gasteiger partial charge >= 0.3 is 0 Å². The molecule has 1 aliphatic heterocycles. The van der Waals surface area contributed by atoms with Crippen LogP contribution in [0.15, 0.2) is 12.1 Å². The van der Waals surface area contributed by atoms with Crippen molar-refractivity contribution in [3.8, 4) is 0 Å². The number of nitrogens with zero attached hydrogens (tertiary/aromatic N) is 1. The van der Waals surface area contributed by atoms with Gasteiger partial charge in [-0.05, 0) is 44.7 Å². The normalized spacial score (nSPS) is 28.5. The van der Waals surface area contributed by atoms with Crippen LogP contribution in [0.25, 0.3) is 0 Å². The van der Waals surface area contributed by atoms with Gasteiger partial charge in [0.2, 0.25) is 0 Å². The molecule has 0 spiro atoms. The van der Waals surface area contributed by atoms with Crippen LogP contribution in [0.4, 0.5) is 0 Å². The van der Waals surface area contributed by atoms with Gasteiger partial charge in [0.1, 0.15) is 0 Å². The second kappa shape index (κ2) is 4.78. The maximum Gasteiger partial charge on any atom is 0.0931 e. The van der Waals surface area contributed by atoms with E-state index < -0.39 is 0 Å². The van der Waals surface area contributed by atoms with Crippen LogP contribution in [-0.4, -0.2) is 29.6 Å². The van der Waals surface area contributed by atoms with Gasteiger partial charge in [-0.15, -0.1) is 11.3 Å². The number of rotatable bonds is 3. The molecule has 0 amide bonds. The average Bonchev–Trinajstić information content (AvgIpc) is 3.02. The first kappa shape index (κ1) is 12.9. The number of hydrogen-bond donors (Lipinski definition) is 1. The third-order valence-corrected chi connectivity index (χ3v) is 5.23. The van der Waals surface area contributed by atoms with Gasteiger partial charge in [-0.3, -0.25) is 4.90 Å². The van der Waals surface area contributed by atoms with Crippen LogP contribution in [-0.2, 0) is 6.54 Å². The summed E-state index contributed by atoms with van der Waals surface area (Å²) in [7, 11) is 0. The van der Waals surface area contributed by atoms with Gasteiger partial charge < -0.3 is 5.32 Å². The van der Waals surface area contributed by atoms with Crippen molar-refractivity contribution in [1.82, 2.24) is 10.2 Å². The Labute approximate surface area is 118 Å². The summed E-state index contributed by atoms with van der Waals surface area (Å²) in [5, 5.41) is 3.69. The Morgan fingerprint density at radius 2 is 2.22 bits per heavy atom. The van der Waals surface area contributed by atoms with Gasteiger partial charge in [0.05, 0.1) is 4.34 Å². The smallest absolute Gasteiger partial charge is 0.0931 e. The lowest BCUT2D eigenvalue weighted by Crippen LogP contribution is -2.61. The van der Waals surface area contributed by atoms with Crippen molar-refractivity contribution in [2.24, 2.45) is 5.92 Å². The van der Waals surface area contributed by atoms with Crippen LogP contribution in [0.1, 0.15) is 31.6 Å². The fourth-order valence-electron chi connectivity index (χ4n) is 2.95. The molecular formula is C14H21ClN2S. The Bertz CT molecular complexity index is 425. The zero-order chi connectivity index (χ0) is 12.8. The molecule has 3 rings (SSSR count). The third kappa shape index (κ3) is 2.90. The van der Waals surface area contributed by atoms with Gasteiger partial charge in [0, 0.05) is 36.1 Å². The lowest BCUT2D eigenvalue weighted by molar-refractivity contribution is 0.0769. The van der Waals surface area contributed by atoms with E-state index in [4.69, 9.17) is 11.6 Å². The second-order valence-electron chi connectivity index (χ2n) is 6.28. The molecule has 18 heavy (non-hydrogen) atoms. The predicted octanol–water partition coefficient (Wildman–Crippen LogP) is 3.36. The molecule has 1 aliphatic carbocycles. The van der Waals surface area contributed by atoms with Crippen molar-refractivity contribution in [3.63, 3.8) is 0 Å². The van der Waals surface area contributed by atoms with Crippen LogP contribution >= 0.6 is 22.9 Å². The van der Waals surface area contributed by atoms with E-state index in [0.717, 1.165) is 35.9 Å². The number of halogens is 1. The highest BCUT2D eigenvalue weighted by atomic mass is 35.5. The summed E-state index contributed by atoms with van der Waals surface area (Å²) in [5.41, 5.74) is 0.229. The first-order chi connectivity index (χ1) is 8.53. The first-order valence-corrected chi connectivity index (χ1v) is 7.96. The molecule has 1 saturated carbocycles. The highest BCUT2D eigenvalue weighted by Crippen LogP contribution is 2.38. The Morgan fingerprint density at radius 3 is 2.83 bits per heavy atom. The van der Waals surface area contributed by atoms with Gasteiger partial charge in [0.15, 0.2) is 0 Å². The summed E-state index contributed by atoms with van der Waals surface area (Å²) in [4.78, 5) is 4.06. The Morgan fingerprint density at radius 1 is 1.44 bits per heavy atom. The van der Waals surface area contributed by atoms with E-state index >= 15 is 0 Å². The maximum absolute atomic E-state index is 6.03. The van der Waals surface area contributed by atoms with E-state index in [1.807, 2.05) is 6.07 Å². The highest BCUT2D eigenvalue weighted by molar-refractivity contribution is 7.16. The molecule has 0 radical (unpaired) electrons. The zero-order valence-corrected chi connectivity index (χ0v) is 12.7. The van der Waals surface area contributed by atoms with Crippen molar-refractivity contribution in [1.29, 1.82) is 0 Å². The van der Waals surface area contributed by atoms with Crippen LogP contribution in [0.2, 0.25) is 4.34 Å². The van der Waals surface area contributed by atoms with E-state index in [2.05, 4.69) is 30.1 Å². The minimum atomic E-state index is 0.229. The average molecular weight is 285 g/mol. The van der Waals surface area contributed by atoms with Crippen molar-refractivity contribution < 1.29 is 0 Å². The Hall–Kier alpha value is -0.0900. The van der Waals surface area contributed by atoms with Gasteiger partial charge in [0.25, 0.3) is 0 Å². The topological polar surface area (TPSA) is 15.3 Å². The molecule has 1 unspecified atom stereocenters. The third-order valence-electron chi connectivity index (χ3n) is 4.01. The molecular weight excluding hydrogens is 264 g/mol. The minimum absolute atomic E-state index is 0.229. The number of hydrogen-bond acceptors (Lipinski definition) is 3. The molecule has 100 valence electrons. The summed E-state index contributed by atoms with van der Waals surface area (Å²) in [5.74, 6) is 0.920. The van der Waals surface area contributed by atoms with Gasteiger partial charge in [-0.1, -0.05) is 11.6 Å². The predicted molar refractivity (Wildman–Crippen MR) is 78.3 cm³/mol. The Kier molecular flexibility index (Phi) is 3.43. The summed E-state index contributed by atoms with van der Waals surface area (Å²) in [6.07, 6.45) is 2.82. The van der Waals surface area contributed by atoms with E-state index in [-0.39, 0.29) is 5.54 Å². The number of piperazine rings is 1. The van der Waals surface area contributed by atoms with E-state index in [1.54, 1.807) is 11.3 Å². The molecule has 0 aromatic carbocycles. The quantitative estimate of drug-likeness (QED) is 0.916. The largest absolute Gasteiger partial charge is 0.309 e. The molecule has 1 saturated heterocycles. The number of thiophene rings is 1. The molecule has 1 aromatic rings. The standard InChI is InChI=1S/C14H21ClN2S/c1-14(2)9-17(8-11-5-6-13(15)18-11)12(7-16-14)10-3-4-10/h5-6,10,12,16H,3-4,7-9H2,1-2H3. The molecule has 4 heteroatoms. The SMILES string of the molecule is CC1(C)CN(Cc2ccc(Cl)s2)C(C2CC2)CN1. The molecule has 2 nitrogen and oxygen atoms in total.